The molecule has 0 aliphatic carbocycles. The van der Waals surface area contributed by atoms with Crippen molar-refractivity contribution in [2.75, 3.05) is 13.1 Å². The number of pyridine rings is 1. The first kappa shape index (κ1) is 18.6. The molecule has 25 heavy (non-hydrogen) atoms. The fourth-order valence-electron chi connectivity index (χ4n) is 2.16. The third kappa shape index (κ3) is 5.99. The SMILES string of the molecule is CC(C)CNC(=O)c1cc(C(=O)NCCc2ccc(F)cc2)ccn1. The summed E-state index contributed by atoms with van der Waals surface area (Å²) in [4.78, 5) is 28.2. The number of halogens is 1. The molecule has 5 nitrogen and oxygen atoms in total. The summed E-state index contributed by atoms with van der Waals surface area (Å²) in [5.74, 6) is -0.521. The van der Waals surface area contributed by atoms with Gasteiger partial charge in [-0.05, 0) is 42.2 Å². The first-order valence-electron chi connectivity index (χ1n) is 8.22. The first-order chi connectivity index (χ1) is 12.0. The Balaban J connectivity index is 1.89. The van der Waals surface area contributed by atoms with Crippen molar-refractivity contribution in [1.82, 2.24) is 15.6 Å². The molecule has 6 heteroatoms. The van der Waals surface area contributed by atoms with E-state index in [9.17, 15) is 14.0 Å². The van der Waals surface area contributed by atoms with E-state index in [0.717, 1.165) is 5.56 Å². The summed E-state index contributed by atoms with van der Waals surface area (Å²) in [7, 11) is 0. The van der Waals surface area contributed by atoms with Crippen molar-refractivity contribution in [2.45, 2.75) is 20.3 Å². The minimum atomic E-state index is -0.297. The van der Waals surface area contributed by atoms with Gasteiger partial charge in [0.05, 0.1) is 0 Å². The van der Waals surface area contributed by atoms with Crippen LogP contribution in [0.4, 0.5) is 4.39 Å². The van der Waals surface area contributed by atoms with Crippen LogP contribution in [0.15, 0.2) is 42.6 Å². The number of carbonyl (C=O) groups is 2. The minimum absolute atomic E-state index is 0.215. The van der Waals surface area contributed by atoms with Crippen LogP contribution in [0.2, 0.25) is 0 Å². The maximum absolute atomic E-state index is 12.9. The quantitative estimate of drug-likeness (QED) is 0.812. The summed E-state index contributed by atoms with van der Waals surface area (Å²) in [6.45, 7) is 4.97. The molecular weight excluding hydrogens is 321 g/mol. The van der Waals surface area contributed by atoms with Crippen LogP contribution < -0.4 is 10.6 Å². The zero-order valence-electron chi connectivity index (χ0n) is 14.4. The molecule has 0 spiro atoms. The maximum atomic E-state index is 12.9. The molecule has 1 aromatic heterocycles. The summed E-state index contributed by atoms with van der Waals surface area (Å²) < 4.78 is 12.9. The lowest BCUT2D eigenvalue weighted by molar-refractivity contribution is 0.0944. The highest BCUT2D eigenvalue weighted by Crippen LogP contribution is 2.05. The molecule has 0 saturated heterocycles. The van der Waals surface area contributed by atoms with E-state index >= 15 is 0 Å². The van der Waals surface area contributed by atoms with Gasteiger partial charge in [-0.25, -0.2) is 4.39 Å². The number of nitrogens with zero attached hydrogens (tertiary/aromatic N) is 1. The van der Waals surface area contributed by atoms with Crippen molar-refractivity contribution >= 4 is 11.8 Å². The summed E-state index contributed by atoms with van der Waals surface area (Å²) in [6.07, 6.45) is 2.04. The lowest BCUT2D eigenvalue weighted by atomic mass is 10.1. The third-order valence-electron chi connectivity index (χ3n) is 3.54. The van der Waals surface area contributed by atoms with Crippen molar-refractivity contribution in [3.63, 3.8) is 0 Å². The standard InChI is InChI=1S/C19H22FN3O2/c1-13(2)12-23-19(25)17-11-15(8-10-21-17)18(24)22-9-7-14-3-5-16(20)6-4-14/h3-6,8,10-11,13H,7,9,12H2,1-2H3,(H,22,24)(H,23,25). The second-order valence-corrected chi connectivity index (χ2v) is 6.17. The van der Waals surface area contributed by atoms with Crippen LogP contribution in [0, 0.1) is 11.7 Å². The van der Waals surface area contributed by atoms with Crippen LogP contribution in [0.25, 0.3) is 0 Å². The second kappa shape index (κ2) is 8.92. The molecule has 1 aromatic carbocycles. The van der Waals surface area contributed by atoms with Gasteiger partial charge in [0.15, 0.2) is 0 Å². The molecular formula is C19H22FN3O2. The smallest absolute Gasteiger partial charge is 0.269 e. The van der Waals surface area contributed by atoms with Crippen LogP contribution >= 0.6 is 0 Å². The molecule has 0 saturated carbocycles. The predicted molar refractivity (Wildman–Crippen MR) is 93.8 cm³/mol. The first-order valence-corrected chi connectivity index (χ1v) is 8.22. The number of benzene rings is 1. The van der Waals surface area contributed by atoms with Gasteiger partial charge in [-0.15, -0.1) is 0 Å². The molecule has 2 aromatic rings. The van der Waals surface area contributed by atoms with Crippen LogP contribution in [0.3, 0.4) is 0 Å². The van der Waals surface area contributed by atoms with E-state index in [1.807, 2.05) is 13.8 Å². The fraction of sp³-hybridized carbons (Fsp3) is 0.316. The lowest BCUT2D eigenvalue weighted by Gasteiger charge is -2.09. The normalized spacial score (nSPS) is 10.6. The minimum Gasteiger partial charge on any atom is -0.352 e. The van der Waals surface area contributed by atoms with Crippen molar-refractivity contribution in [1.29, 1.82) is 0 Å². The highest BCUT2D eigenvalue weighted by molar-refractivity contribution is 5.98. The van der Waals surface area contributed by atoms with E-state index in [1.165, 1.54) is 24.4 Å². The summed E-state index contributed by atoms with van der Waals surface area (Å²) in [5, 5.41) is 5.56. The average molecular weight is 343 g/mol. The monoisotopic (exact) mass is 343 g/mol. The van der Waals surface area contributed by atoms with E-state index < -0.39 is 0 Å². The van der Waals surface area contributed by atoms with Gasteiger partial charge < -0.3 is 10.6 Å². The van der Waals surface area contributed by atoms with Gasteiger partial charge in [0, 0.05) is 24.8 Å². The molecule has 0 aliphatic rings. The average Bonchev–Trinajstić information content (AvgIpc) is 2.61. The molecule has 1 heterocycles. The summed E-state index contributed by atoms with van der Waals surface area (Å²) >= 11 is 0. The third-order valence-corrected chi connectivity index (χ3v) is 3.54. The van der Waals surface area contributed by atoms with Crippen molar-refractivity contribution < 1.29 is 14.0 Å². The molecule has 0 unspecified atom stereocenters. The Morgan fingerprint density at radius 3 is 2.48 bits per heavy atom. The summed E-state index contributed by atoms with van der Waals surface area (Å²) in [6, 6.07) is 9.19. The number of carbonyl (C=O) groups excluding carboxylic acids is 2. The highest BCUT2D eigenvalue weighted by Gasteiger charge is 2.11. The van der Waals surface area contributed by atoms with Gasteiger partial charge in [0.1, 0.15) is 11.5 Å². The van der Waals surface area contributed by atoms with Crippen LogP contribution in [-0.4, -0.2) is 29.9 Å². The van der Waals surface area contributed by atoms with Crippen LogP contribution in [0.5, 0.6) is 0 Å². The molecule has 132 valence electrons. The molecule has 2 amide bonds. The molecule has 0 fully saturated rings. The van der Waals surface area contributed by atoms with Crippen LogP contribution in [0.1, 0.15) is 40.3 Å². The van der Waals surface area contributed by atoms with Gasteiger partial charge >= 0.3 is 0 Å². The molecule has 0 radical (unpaired) electrons. The zero-order chi connectivity index (χ0) is 18.2. The number of aromatic nitrogens is 1. The lowest BCUT2D eigenvalue weighted by Crippen LogP contribution is -2.29. The van der Waals surface area contributed by atoms with E-state index in [0.29, 0.717) is 31.0 Å². The topological polar surface area (TPSA) is 71.1 Å². The van der Waals surface area contributed by atoms with Gasteiger partial charge in [0.25, 0.3) is 11.8 Å². The van der Waals surface area contributed by atoms with Crippen molar-refractivity contribution in [3.05, 3.63) is 65.2 Å². The number of nitrogens with one attached hydrogen (secondary N) is 2. The van der Waals surface area contributed by atoms with E-state index in [1.54, 1.807) is 18.2 Å². The van der Waals surface area contributed by atoms with Crippen molar-refractivity contribution in [2.24, 2.45) is 5.92 Å². The molecule has 2 rings (SSSR count). The Hall–Kier alpha value is -2.76. The van der Waals surface area contributed by atoms with Gasteiger partial charge in [-0.3, -0.25) is 14.6 Å². The number of amides is 2. The fourth-order valence-corrected chi connectivity index (χ4v) is 2.16. The number of rotatable bonds is 7. The van der Waals surface area contributed by atoms with E-state index in [2.05, 4.69) is 15.6 Å². The highest BCUT2D eigenvalue weighted by atomic mass is 19.1. The van der Waals surface area contributed by atoms with E-state index in [-0.39, 0.29) is 23.3 Å². The van der Waals surface area contributed by atoms with E-state index in [4.69, 9.17) is 0 Å². The maximum Gasteiger partial charge on any atom is 0.269 e. The molecule has 0 atom stereocenters. The Labute approximate surface area is 146 Å². The number of hydrogen-bond donors (Lipinski definition) is 2. The van der Waals surface area contributed by atoms with Gasteiger partial charge in [-0.2, -0.15) is 0 Å². The second-order valence-electron chi connectivity index (χ2n) is 6.17. The Morgan fingerprint density at radius 1 is 1.08 bits per heavy atom. The Morgan fingerprint density at radius 2 is 1.80 bits per heavy atom. The largest absolute Gasteiger partial charge is 0.352 e. The van der Waals surface area contributed by atoms with Crippen molar-refractivity contribution in [3.8, 4) is 0 Å². The summed E-state index contributed by atoms with van der Waals surface area (Å²) in [5.41, 5.74) is 1.53. The number of hydrogen-bond acceptors (Lipinski definition) is 3. The Bertz CT molecular complexity index is 730. The van der Waals surface area contributed by atoms with Gasteiger partial charge in [-0.1, -0.05) is 26.0 Å². The van der Waals surface area contributed by atoms with Crippen LogP contribution in [-0.2, 0) is 6.42 Å². The predicted octanol–water partition coefficient (Wildman–Crippen LogP) is 2.58. The van der Waals surface area contributed by atoms with Gasteiger partial charge in [0.2, 0.25) is 0 Å². The molecule has 0 aliphatic heterocycles. The zero-order valence-corrected chi connectivity index (χ0v) is 14.4. The molecule has 2 N–H and O–H groups in total. The molecule has 0 bridgehead atoms. The Kier molecular flexibility index (Phi) is 6.62.